The first-order chi connectivity index (χ1) is 4.30. The lowest BCUT2D eigenvalue weighted by atomic mass is 10.1. The van der Waals surface area contributed by atoms with Crippen LogP contribution in [0.5, 0.6) is 0 Å². The van der Waals surface area contributed by atoms with Gasteiger partial charge < -0.3 is 0 Å². The molecule has 0 aliphatic heterocycles. The summed E-state index contributed by atoms with van der Waals surface area (Å²) in [5.74, 6) is -0.0764. The number of ketones is 1. The molecule has 0 heterocycles. The largest absolute Gasteiger partial charge is 0.297 e. The lowest BCUT2D eigenvalue weighted by Crippen LogP contribution is -2.15. The average Bonchev–Trinajstić information content (AvgIpc) is 1.99. The molecule has 2 nitrogen and oxygen atoms in total. The van der Waals surface area contributed by atoms with E-state index in [-0.39, 0.29) is 5.78 Å². The van der Waals surface area contributed by atoms with E-state index in [1.807, 2.05) is 0 Å². The van der Waals surface area contributed by atoms with Gasteiger partial charge >= 0.3 is 0 Å². The highest BCUT2D eigenvalue weighted by Crippen LogP contribution is 2.14. The number of rotatable bonds is 0. The quantitative estimate of drug-likeness (QED) is 0.452. The van der Waals surface area contributed by atoms with E-state index < -0.39 is 6.10 Å². The van der Waals surface area contributed by atoms with Crippen molar-refractivity contribution in [2.45, 2.75) is 38.2 Å². The molecule has 1 aliphatic carbocycles. The molecule has 2 heteroatoms. The maximum Gasteiger partial charge on any atom is 0.164 e. The fourth-order valence-electron chi connectivity index (χ4n) is 1.13. The van der Waals surface area contributed by atoms with Crippen LogP contribution in [0, 0.1) is 0 Å². The third-order valence-corrected chi connectivity index (χ3v) is 1.75. The van der Waals surface area contributed by atoms with Crippen LogP contribution < -0.4 is 0 Å². The molecule has 1 rings (SSSR count). The van der Waals surface area contributed by atoms with Crippen LogP contribution in [0.4, 0.5) is 0 Å². The molecule has 9 heavy (non-hydrogen) atoms. The predicted molar refractivity (Wildman–Crippen MR) is 32.6 cm³/mol. The molecule has 51 valence electrons. The lowest BCUT2D eigenvalue weighted by Gasteiger charge is -1.98. The zero-order valence-electron chi connectivity index (χ0n) is 5.43. The Hall–Kier alpha value is -0.370. The summed E-state index contributed by atoms with van der Waals surface area (Å²) in [7, 11) is 0. The molecule has 1 atom stereocenters. The Morgan fingerprint density at radius 2 is 2.00 bits per heavy atom. The minimum absolute atomic E-state index is 0.0764. The molecule has 0 aromatic rings. The van der Waals surface area contributed by atoms with E-state index in [2.05, 4.69) is 0 Å². The van der Waals surface area contributed by atoms with E-state index >= 15 is 0 Å². The van der Waals surface area contributed by atoms with Crippen molar-refractivity contribution >= 4 is 5.78 Å². The minimum atomic E-state index is -0.896. The highest BCUT2D eigenvalue weighted by Gasteiger charge is 2.18. The van der Waals surface area contributed by atoms with Crippen LogP contribution in [-0.4, -0.2) is 11.9 Å². The van der Waals surface area contributed by atoms with Crippen molar-refractivity contribution in [2.24, 2.45) is 0 Å². The molecule has 1 aliphatic rings. The maximum atomic E-state index is 10.7. The van der Waals surface area contributed by atoms with Gasteiger partial charge in [-0.1, -0.05) is 12.8 Å². The van der Waals surface area contributed by atoms with Gasteiger partial charge in [0.2, 0.25) is 0 Å². The molecule has 0 aromatic carbocycles. The van der Waals surface area contributed by atoms with Gasteiger partial charge in [-0.3, -0.25) is 4.79 Å². The number of carbonyl (C=O) groups excluding carboxylic acids is 1. The summed E-state index contributed by atoms with van der Waals surface area (Å²) in [5.41, 5.74) is 0. The Morgan fingerprint density at radius 1 is 1.22 bits per heavy atom. The van der Waals surface area contributed by atoms with Gasteiger partial charge in [-0.2, -0.15) is 0 Å². The first kappa shape index (κ1) is 6.75. The van der Waals surface area contributed by atoms with Crippen molar-refractivity contribution in [2.75, 3.05) is 0 Å². The van der Waals surface area contributed by atoms with Crippen LogP contribution in [0.3, 0.4) is 0 Å². The standard InChI is InChI=1S/C7H11O2/c8-6-4-2-1-3-5-7(6)9/h6H,1-5H2. The maximum absolute atomic E-state index is 10.7. The van der Waals surface area contributed by atoms with Crippen molar-refractivity contribution in [3.8, 4) is 0 Å². The Labute approximate surface area is 54.9 Å². The van der Waals surface area contributed by atoms with E-state index in [4.69, 9.17) is 0 Å². The number of hydrogen-bond donors (Lipinski definition) is 0. The highest BCUT2D eigenvalue weighted by atomic mass is 16.3. The fourth-order valence-corrected chi connectivity index (χ4v) is 1.13. The second kappa shape index (κ2) is 2.97. The summed E-state index contributed by atoms with van der Waals surface area (Å²) < 4.78 is 0. The lowest BCUT2D eigenvalue weighted by molar-refractivity contribution is -0.130. The van der Waals surface area contributed by atoms with Crippen molar-refractivity contribution in [1.82, 2.24) is 0 Å². The molecule has 0 aromatic heterocycles. The first-order valence-corrected chi connectivity index (χ1v) is 3.49. The Bertz CT molecular complexity index is 109. The minimum Gasteiger partial charge on any atom is -0.297 e. The highest BCUT2D eigenvalue weighted by molar-refractivity contribution is 5.82. The van der Waals surface area contributed by atoms with Gasteiger partial charge in [-0.05, 0) is 12.8 Å². The summed E-state index contributed by atoms with van der Waals surface area (Å²) in [6.45, 7) is 0. The second-order valence-corrected chi connectivity index (χ2v) is 2.55. The van der Waals surface area contributed by atoms with Gasteiger partial charge in [0.05, 0.1) is 0 Å². The number of hydrogen-bond acceptors (Lipinski definition) is 1. The zero-order chi connectivity index (χ0) is 6.69. The van der Waals surface area contributed by atoms with Gasteiger partial charge in [0, 0.05) is 6.42 Å². The molecule has 0 spiro atoms. The van der Waals surface area contributed by atoms with E-state index in [0.717, 1.165) is 19.3 Å². The van der Waals surface area contributed by atoms with Gasteiger partial charge in [0.1, 0.15) is 0 Å². The van der Waals surface area contributed by atoms with Crippen LogP contribution in [-0.2, 0) is 9.90 Å². The summed E-state index contributed by atoms with van der Waals surface area (Å²) in [6, 6.07) is 0. The molecule has 1 saturated carbocycles. The zero-order valence-corrected chi connectivity index (χ0v) is 5.43. The smallest absolute Gasteiger partial charge is 0.164 e. The molecule has 0 N–H and O–H groups in total. The van der Waals surface area contributed by atoms with E-state index in [1.54, 1.807) is 0 Å². The second-order valence-electron chi connectivity index (χ2n) is 2.55. The average molecular weight is 127 g/mol. The summed E-state index contributed by atoms with van der Waals surface area (Å²) in [4.78, 5) is 10.7. The van der Waals surface area contributed by atoms with Crippen molar-refractivity contribution in [3.05, 3.63) is 0 Å². The third kappa shape index (κ3) is 1.79. The number of Topliss-reactive ketones (excluding diaryl/α,β-unsaturated/α-hetero) is 1. The molecule has 0 bridgehead atoms. The van der Waals surface area contributed by atoms with Gasteiger partial charge in [0.15, 0.2) is 11.9 Å². The summed E-state index contributed by atoms with van der Waals surface area (Å²) in [5, 5.41) is 10.7. The summed E-state index contributed by atoms with van der Waals surface area (Å²) in [6.07, 6.45) is 3.13. The topological polar surface area (TPSA) is 37.0 Å². The molecule has 1 fully saturated rings. The Balaban J connectivity index is 2.41. The first-order valence-electron chi connectivity index (χ1n) is 3.49. The van der Waals surface area contributed by atoms with E-state index in [0.29, 0.717) is 12.8 Å². The van der Waals surface area contributed by atoms with Crippen LogP contribution in [0.15, 0.2) is 0 Å². The molecular formula is C7H11O2. The SMILES string of the molecule is [O]C1CCCCCC1=O. The fraction of sp³-hybridized carbons (Fsp3) is 0.857. The molecule has 1 radical (unpaired) electrons. The van der Waals surface area contributed by atoms with Crippen molar-refractivity contribution < 1.29 is 9.90 Å². The normalized spacial score (nSPS) is 29.9. The number of carbonyl (C=O) groups is 1. The van der Waals surface area contributed by atoms with Gasteiger partial charge in [-0.25, -0.2) is 5.11 Å². The van der Waals surface area contributed by atoms with Crippen molar-refractivity contribution in [3.63, 3.8) is 0 Å². The van der Waals surface area contributed by atoms with Crippen LogP contribution in [0.25, 0.3) is 0 Å². The van der Waals surface area contributed by atoms with Gasteiger partial charge in [0.25, 0.3) is 0 Å². The van der Waals surface area contributed by atoms with Crippen LogP contribution in [0.1, 0.15) is 32.1 Å². The van der Waals surface area contributed by atoms with Gasteiger partial charge in [-0.15, -0.1) is 0 Å². The predicted octanol–water partition coefficient (Wildman–Crippen LogP) is 1.32. The van der Waals surface area contributed by atoms with Crippen molar-refractivity contribution in [1.29, 1.82) is 0 Å². The molecule has 0 amide bonds. The third-order valence-electron chi connectivity index (χ3n) is 1.75. The van der Waals surface area contributed by atoms with Crippen LogP contribution in [0.2, 0.25) is 0 Å². The summed E-state index contributed by atoms with van der Waals surface area (Å²) >= 11 is 0. The Kier molecular flexibility index (Phi) is 2.22. The monoisotopic (exact) mass is 127 g/mol. The van der Waals surface area contributed by atoms with E-state index in [9.17, 15) is 9.90 Å². The molecular weight excluding hydrogens is 116 g/mol. The molecule has 1 unspecified atom stereocenters. The molecule has 0 saturated heterocycles. The van der Waals surface area contributed by atoms with E-state index in [1.165, 1.54) is 0 Å². The van der Waals surface area contributed by atoms with Crippen LogP contribution >= 0.6 is 0 Å². The Morgan fingerprint density at radius 3 is 2.78 bits per heavy atom.